The molecule has 0 spiro atoms. The van der Waals surface area contributed by atoms with E-state index in [0.717, 1.165) is 27.1 Å². The van der Waals surface area contributed by atoms with Gasteiger partial charge in [0.25, 0.3) is 11.8 Å². The molecule has 2 N–H and O–H groups in total. The van der Waals surface area contributed by atoms with Crippen molar-refractivity contribution in [2.24, 2.45) is 5.10 Å². The van der Waals surface area contributed by atoms with Gasteiger partial charge in [0, 0.05) is 11.1 Å². The quantitative estimate of drug-likeness (QED) is 0.231. The van der Waals surface area contributed by atoms with E-state index in [1.807, 2.05) is 48.5 Å². The Hall–Kier alpha value is -4.59. The van der Waals surface area contributed by atoms with Crippen LogP contribution in [0, 0.1) is 0 Å². The van der Waals surface area contributed by atoms with E-state index in [1.54, 1.807) is 6.21 Å². The highest BCUT2D eigenvalue weighted by molar-refractivity contribution is 6.13. The zero-order chi connectivity index (χ0) is 24.8. The zero-order valence-corrected chi connectivity index (χ0v) is 19.6. The Bertz CT molecular complexity index is 1350. The van der Waals surface area contributed by atoms with Crippen LogP contribution in [0.5, 0.6) is 17.2 Å². The first-order valence-corrected chi connectivity index (χ1v) is 10.9. The van der Waals surface area contributed by atoms with Crippen molar-refractivity contribution < 1.29 is 23.8 Å². The molecule has 0 saturated heterocycles. The lowest BCUT2D eigenvalue weighted by Gasteiger charge is -2.14. The van der Waals surface area contributed by atoms with Crippen LogP contribution in [0.3, 0.4) is 0 Å². The van der Waals surface area contributed by atoms with Crippen LogP contribution in [0.15, 0.2) is 71.8 Å². The van der Waals surface area contributed by atoms with Crippen molar-refractivity contribution in [3.8, 4) is 17.2 Å². The number of hydrazone groups is 1. The third-order valence-corrected chi connectivity index (χ3v) is 5.53. The molecule has 0 aliphatic rings. The maximum Gasteiger partial charge on any atom is 0.259 e. The Morgan fingerprint density at radius 1 is 0.829 bits per heavy atom. The molecule has 0 bridgehead atoms. The zero-order valence-electron chi connectivity index (χ0n) is 19.6. The molecule has 0 radical (unpaired) electrons. The Balaban J connectivity index is 1.45. The van der Waals surface area contributed by atoms with Gasteiger partial charge >= 0.3 is 0 Å². The van der Waals surface area contributed by atoms with Gasteiger partial charge in [0.15, 0.2) is 11.5 Å². The van der Waals surface area contributed by atoms with E-state index < -0.39 is 11.8 Å². The van der Waals surface area contributed by atoms with Crippen molar-refractivity contribution in [1.82, 2.24) is 10.7 Å². The Morgan fingerprint density at radius 2 is 1.40 bits per heavy atom. The van der Waals surface area contributed by atoms with E-state index in [1.165, 1.54) is 33.5 Å². The molecule has 8 heteroatoms. The van der Waals surface area contributed by atoms with Crippen molar-refractivity contribution in [3.05, 3.63) is 77.9 Å². The maximum absolute atomic E-state index is 12.6. The van der Waals surface area contributed by atoms with Gasteiger partial charge < -0.3 is 19.5 Å². The number of nitrogens with zero attached hydrogens (tertiary/aromatic N) is 1. The summed E-state index contributed by atoms with van der Waals surface area (Å²) in [5.41, 5.74) is 3.64. The fraction of sp³-hybridized carbons (Fsp3) is 0.148. The Morgan fingerprint density at radius 3 is 1.94 bits per heavy atom. The van der Waals surface area contributed by atoms with Crippen LogP contribution >= 0.6 is 0 Å². The molecule has 2 amide bonds. The third kappa shape index (κ3) is 5.01. The van der Waals surface area contributed by atoms with Gasteiger partial charge in [0.1, 0.15) is 0 Å². The molecule has 8 nitrogen and oxygen atoms in total. The standard InChI is InChI=1S/C27H25N3O5/c1-33-23-13-19(14-24(34-2)26(23)35-3)27(32)28-16-25(31)30-29-15-22-20-10-6-4-8-17(20)12-18-9-5-7-11-21(18)22/h4-15H,16H2,1-3H3,(H,28,32)(H,30,31)/b29-15-. The Kier molecular flexibility index (Phi) is 7.11. The molecule has 0 fully saturated rings. The summed E-state index contributed by atoms with van der Waals surface area (Å²) in [6.45, 7) is -0.261. The summed E-state index contributed by atoms with van der Waals surface area (Å²) in [5, 5.41) is 10.9. The van der Waals surface area contributed by atoms with Crippen molar-refractivity contribution in [2.75, 3.05) is 27.9 Å². The smallest absolute Gasteiger partial charge is 0.259 e. The highest BCUT2D eigenvalue weighted by atomic mass is 16.5. The number of carbonyl (C=O) groups is 2. The van der Waals surface area contributed by atoms with E-state index in [4.69, 9.17) is 14.2 Å². The lowest BCUT2D eigenvalue weighted by molar-refractivity contribution is -0.120. The number of carbonyl (C=O) groups excluding carboxylic acids is 2. The summed E-state index contributed by atoms with van der Waals surface area (Å²) in [7, 11) is 4.40. The minimum Gasteiger partial charge on any atom is -0.493 e. The molecule has 4 aromatic carbocycles. The molecule has 35 heavy (non-hydrogen) atoms. The van der Waals surface area contributed by atoms with E-state index in [2.05, 4.69) is 21.9 Å². The molecule has 0 heterocycles. The van der Waals surface area contributed by atoms with Crippen molar-refractivity contribution in [3.63, 3.8) is 0 Å². The van der Waals surface area contributed by atoms with Gasteiger partial charge in [-0.15, -0.1) is 0 Å². The molecule has 0 aliphatic carbocycles. The molecule has 0 aliphatic heterocycles. The van der Waals surface area contributed by atoms with Crippen LogP contribution in [0.1, 0.15) is 15.9 Å². The van der Waals surface area contributed by atoms with Crippen LogP contribution in [0.25, 0.3) is 21.5 Å². The number of rotatable bonds is 8. The van der Waals surface area contributed by atoms with Gasteiger partial charge in [-0.2, -0.15) is 5.10 Å². The lowest BCUT2D eigenvalue weighted by Crippen LogP contribution is -2.35. The van der Waals surface area contributed by atoms with Crippen LogP contribution in [-0.2, 0) is 4.79 Å². The fourth-order valence-corrected chi connectivity index (χ4v) is 3.87. The minimum absolute atomic E-state index is 0.261. The second-order valence-electron chi connectivity index (χ2n) is 7.62. The predicted octanol–water partition coefficient (Wildman–Crippen LogP) is 3.90. The highest BCUT2D eigenvalue weighted by Crippen LogP contribution is 2.38. The monoisotopic (exact) mass is 471 g/mol. The first-order valence-electron chi connectivity index (χ1n) is 10.9. The molecule has 0 aromatic heterocycles. The molecular weight excluding hydrogens is 446 g/mol. The minimum atomic E-state index is -0.469. The van der Waals surface area contributed by atoms with Gasteiger partial charge in [-0.25, -0.2) is 5.43 Å². The summed E-state index contributed by atoms with van der Waals surface area (Å²) >= 11 is 0. The molecular formula is C27H25N3O5. The van der Waals surface area contributed by atoms with E-state index in [0.29, 0.717) is 17.2 Å². The second-order valence-corrected chi connectivity index (χ2v) is 7.62. The topological polar surface area (TPSA) is 98.2 Å². The normalized spacial score (nSPS) is 10.9. The van der Waals surface area contributed by atoms with Crippen molar-refractivity contribution in [2.45, 2.75) is 0 Å². The molecule has 0 saturated carbocycles. The second kappa shape index (κ2) is 10.6. The van der Waals surface area contributed by atoms with Gasteiger partial charge in [-0.1, -0.05) is 48.5 Å². The number of nitrogens with one attached hydrogen (secondary N) is 2. The lowest BCUT2D eigenvalue weighted by atomic mass is 9.97. The summed E-state index contributed by atoms with van der Waals surface area (Å²) in [4.78, 5) is 24.9. The SMILES string of the molecule is COc1cc(C(=O)NCC(=O)N/N=C\c2c3ccccc3cc3ccccc23)cc(OC)c1OC. The van der Waals surface area contributed by atoms with Gasteiger partial charge in [0.05, 0.1) is 34.1 Å². The summed E-state index contributed by atoms with van der Waals surface area (Å²) < 4.78 is 15.8. The van der Waals surface area contributed by atoms with E-state index >= 15 is 0 Å². The molecule has 0 atom stereocenters. The first kappa shape index (κ1) is 23.6. The van der Waals surface area contributed by atoms with Gasteiger partial charge in [-0.3, -0.25) is 9.59 Å². The number of hydrogen-bond donors (Lipinski definition) is 2. The average molecular weight is 472 g/mol. The van der Waals surface area contributed by atoms with Crippen LogP contribution in [0.4, 0.5) is 0 Å². The van der Waals surface area contributed by atoms with Crippen LogP contribution in [0.2, 0.25) is 0 Å². The number of hydrogen-bond acceptors (Lipinski definition) is 6. The molecule has 178 valence electrons. The largest absolute Gasteiger partial charge is 0.493 e. The fourth-order valence-electron chi connectivity index (χ4n) is 3.87. The summed E-state index contributed by atoms with van der Waals surface area (Å²) in [6, 6.07) is 21.2. The van der Waals surface area contributed by atoms with Crippen molar-refractivity contribution in [1.29, 1.82) is 0 Å². The highest BCUT2D eigenvalue weighted by Gasteiger charge is 2.17. The number of fused-ring (bicyclic) bond motifs is 2. The number of benzene rings is 4. The van der Waals surface area contributed by atoms with Gasteiger partial charge in [-0.05, 0) is 39.7 Å². The van der Waals surface area contributed by atoms with Crippen molar-refractivity contribution >= 4 is 39.6 Å². The van der Waals surface area contributed by atoms with Gasteiger partial charge in [0.2, 0.25) is 5.75 Å². The molecule has 4 aromatic rings. The first-order chi connectivity index (χ1) is 17.0. The maximum atomic E-state index is 12.6. The number of amides is 2. The molecule has 0 unspecified atom stereocenters. The summed E-state index contributed by atoms with van der Waals surface area (Å²) in [5.74, 6) is 0.122. The number of ether oxygens (including phenoxy) is 3. The Labute approximate surface area is 202 Å². The van der Waals surface area contributed by atoms with Crippen LogP contribution < -0.4 is 25.0 Å². The van der Waals surface area contributed by atoms with E-state index in [-0.39, 0.29) is 12.1 Å². The average Bonchev–Trinajstić information content (AvgIpc) is 2.90. The summed E-state index contributed by atoms with van der Waals surface area (Å²) in [6.07, 6.45) is 1.63. The van der Waals surface area contributed by atoms with E-state index in [9.17, 15) is 9.59 Å². The third-order valence-electron chi connectivity index (χ3n) is 5.53. The molecule has 4 rings (SSSR count). The predicted molar refractivity (Wildman–Crippen MR) is 136 cm³/mol. The number of methoxy groups -OCH3 is 3. The van der Waals surface area contributed by atoms with Crippen LogP contribution in [-0.4, -0.2) is 45.9 Å².